The number of carbonyl (C=O) groups is 3. The highest BCUT2D eigenvalue weighted by Crippen LogP contribution is 2.41. The summed E-state index contributed by atoms with van der Waals surface area (Å²) >= 11 is 0. The maximum Gasteiger partial charge on any atom is 0.335 e. The Bertz CT molecular complexity index is 772. The molecule has 0 aromatic heterocycles. The van der Waals surface area contributed by atoms with Crippen molar-refractivity contribution in [1.29, 1.82) is 0 Å². The Morgan fingerprint density at radius 1 is 1.15 bits per heavy atom. The molecule has 2 heterocycles. The molecule has 0 radical (unpaired) electrons. The molecule has 0 saturated carbocycles. The van der Waals surface area contributed by atoms with Crippen LogP contribution in [0.1, 0.15) is 37.8 Å². The number of piperidine rings is 1. The highest BCUT2D eigenvalue weighted by molar-refractivity contribution is 6.07. The van der Waals surface area contributed by atoms with Gasteiger partial charge in [0.15, 0.2) is 0 Å². The first-order valence-corrected chi connectivity index (χ1v) is 8.86. The van der Waals surface area contributed by atoms with Crippen LogP contribution < -0.4 is 5.32 Å². The molecule has 26 heavy (non-hydrogen) atoms. The van der Waals surface area contributed by atoms with Gasteiger partial charge in [-0.05, 0) is 19.4 Å². The van der Waals surface area contributed by atoms with Gasteiger partial charge in [0.25, 0.3) is 5.91 Å². The molecule has 6 nitrogen and oxygen atoms in total. The van der Waals surface area contributed by atoms with Crippen molar-refractivity contribution in [3.63, 3.8) is 0 Å². The summed E-state index contributed by atoms with van der Waals surface area (Å²) in [5.41, 5.74) is 2.02. The van der Waals surface area contributed by atoms with Crippen LogP contribution in [0.5, 0.6) is 0 Å². The van der Waals surface area contributed by atoms with Crippen LogP contribution in [-0.4, -0.2) is 41.4 Å². The van der Waals surface area contributed by atoms with E-state index in [1.54, 1.807) is 11.8 Å². The highest BCUT2D eigenvalue weighted by atomic mass is 16.6. The first kappa shape index (κ1) is 18.2. The van der Waals surface area contributed by atoms with Gasteiger partial charge in [0, 0.05) is 45.0 Å². The fraction of sp³-hybridized carbons (Fsp3) is 0.450. The number of likely N-dealkylation sites (tertiary alicyclic amines) is 1. The fourth-order valence-electron chi connectivity index (χ4n) is 3.64. The number of hydrogen-bond donors (Lipinski definition) is 1. The van der Waals surface area contributed by atoms with Crippen LogP contribution in [0.3, 0.4) is 0 Å². The molecule has 1 aromatic rings. The fourth-order valence-corrected chi connectivity index (χ4v) is 3.64. The van der Waals surface area contributed by atoms with Crippen molar-refractivity contribution < 1.29 is 19.1 Å². The molecular weight excluding hydrogens is 332 g/mol. The SMILES string of the molecule is CC(=O)N1CCC2(CC1)OC(=O)C(C)=C2C(=O)NCc1ccc(C)cc1. The number of nitrogens with zero attached hydrogens (tertiary/aromatic N) is 1. The minimum atomic E-state index is -0.912. The molecule has 1 spiro atoms. The van der Waals surface area contributed by atoms with Crippen molar-refractivity contribution in [2.45, 2.75) is 45.8 Å². The zero-order chi connectivity index (χ0) is 18.9. The maximum atomic E-state index is 12.8. The number of esters is 1. The number of nitrogens with one attached hydrogen (secondary N) is 1. The molecule has 138 valence electrons. The molecule has 1 saturated heterocycles. The van der Waals surface area contributed by atoms with Crippen LogP contribution >= 0.6 is 0 Å². The van der Waals surface area contributed by atoms with Gasteiger partial charge >= 0.3 is 5.97 Å². The van der Waals surface area contributed by atoms with Crippen molar-refractivity contribution in [3.05, 3.63) is 46.5 Å². The largest absolute Gasteiger partial charge is 0.450 e. The van der Waals surface area contributed by atoms with Crippen LogP contribution in [0.15, 0.2) is 35.4 Å². The van der Waals surface area contributed by atoms with Gasteiger partial charge in [-0.1, -0.05) is 29.8 Å². The predicted molar refractivity (Wildman–Crippen MR) is 96.0 cm³/mol. The third-order valence-electron chi connectivity index (χ3n) is 5.24. The summed E-state index contributed by atoms with van der Waals surface area (Å²) in [7, 11) is 0. The lowest BCUT2D eigenvalue weighted by molar-refractivity contribution is -0.152. The molecule has 1 aromatic carbocycles. The number of aryl methyl sites for hydroxylation is 1. The molecule has 2 aliphatic rings. The van der Waals surface area contributed by atoms with E-state index in [1.807, 2.05) is 31.2 Å². The van der Waals surface area contributed by atoms with E-state index in [0.29, 0.717) is 43.6 Å². The lowest BCUT2D eigenvalue weighted by atomic mass is 9.82. The second-order valence-corrected chi connectivity index (χ2v) is 7.06. The Morgan fingerprint density at radius 3 is 2.35 bits per heavy atom. The quantitative estimate of drug-likeness (QED) is 0.839. The summed E-state index contributed by atoms with van der Waals surface area (Å²) < 4.78 is 5.62. The van der Waals surface area contributed by atoms with Crippen molar-refractivity contribution in [1.82, 2.24) is 10.2 Å². The minimum absolute atomic E-state index is 0.00440. The Balaban J connectivity index is 1.75. The number of carbonyl (C=O) groups excluding carboxylic acids is 3. The van der Waals surface area contributed by atoms with Gasteiger partial charge in [-0.3, -0.25) is 9.59 Å². The van der Waals surface area contributed by atoms with E-state index in [9.17, 15) is 14.4 Å². The lowest BCUT2D eigenvalue weighted by Gasteiger charge is -2.39. The Labute approximate surface area is 153 Å². The smallest absolute Gasteiger partial charge is 0.335 e. The number of hydrogen-bond acceptors (Lipinski definition) is 4. The highest BCUT2D eigenvalue weighted by Gasteiger charge is 2.50. The molecule has 0 bridgehead atoms. The third-order valence-corrected chi connectivity index (χ3v) is 5.24. The Kier molecular flexibility index (Phi) is 4.85. The first-order chi connectivity index (χ1) is 12.3. The topological polar surface area (TPSA) is 75.7 Å². The number of ether oxygens (including phenoxy) is 1. The lowest BCUT2D eigenvalue weighted by Crippen LogP contribution is -2.49. The molecule has 1 N–H and O–H groups in total. The van der Waals surface area contributed by atoms with Crippen LogP contribution in [0, 0.1) is 6.92 Å². The van der Waals surface area contributed by atoms with Crippen LogP contribution in [0.4, 0.5) is 0 Å². The van der Waals surface area contributed by atoms with E-state index in [2.05, 4.69) is 5.32 Å². The Hall–Kier alpha value is -2.63. The first-order valence-electron chi connectivity index (χ1n) is 8.86. The third kappa shape index (κ3) is 3.36. The number of amides is 2. The van der Waals surface area contributed by atoms with Gasteiger partial charge in [-0.25, -0.2) is 4.79 Å². The average molecular weight is 356 g/mol. The van der Waals surface area contributed by atoms with Gasteiger partial charge in [0.05, 0.1) is 5.57 Å². The number of benzene rings is 1. The van der Waals surface area contributed by atoms with Crippen molar-refractivity contribution in [2.24, 2.45) is 0 Å². The van der Waals surface area contributed by atoms with E-state index >= 15 is 0 Å². The van der Waals surface area contributed by atoms with Gasteiger partial charge < -0.3 is 15.0 Å². The van der Waals surface area contributed by atoms with Crippen LogP contribution in [-0.2, 0) is 25.7 Å². The predicted octanol–water partition coefficient (Wildman–Crippen LogP) is 1.87. The molecule has 0 unspecified atom stereocenters. The monoisotopic (exact) mass is 356 g/mol. The molecule has 0 aliphatic carbocycles. The molecule has 3 rings (SSSR count). The molecule has 6 heteroatoms. The summed E-state index contributed by atoms with van der Waals surface area (Å²) in [5.74, 6) is -0.720. The van der Waals surface area contributed by atoms with E-state index in [4.69, 9.17) is 4.74 Å². The molecular formula is C20H24N2O4. The van der Waals surface area contributed by atoms with Gasteiger partial charge in [-0.2, -0.15) is 0 Å². The van der Waals surface area contributed by atoms with E-state index in [-0.39, 0.29) is 11.8 Å². The van der Waals surface area contributed by atoms with E-state index < -0.39 is 11.6 Å². The van der Waals surface area contributed by atoms with Crippen molar-refractivity contribution >= 4 is 17.8 Å². The molecule has 2 aliphatic heterocycles. The molecule has 2 amide bonds. The van der Waals surface area contributed by atoms with Crippen molar-refractivity contribution in [3.8, 4) is 0 Å². The molecule has 1 fully saturated rings. The van der Waals surface area contributed by atoms with Crippen LogP contribution in [0.2, 0.25) is 0 Å². The average Bonchev–Trinajstić information content (AvgIpc) is 2.84. The van der Waals surface area contributed by atoms with Gasteiger partial charge in [0.1, 0.15) is 5.60 Å². The summed E-state index contributed by atoms with van der Waals surface area (Å²) in [4.78, 5) is 38.3. The second kappa shape index (κ2) is 6.94. The summed E-state index contributed by atoms with van der Waals surface area (Å²) in [6.45, 7) is 6.51. The zero-order valence-corrected chi connectivity index (χ0v) is 15.4. The van der Waals surface area contributed by atoms with E-state index in [1.165, 1.54) is 6.92 Å². The summed E-state index contributed by atoms with van der Waals surface area (Å²) in [6, 6.07) is 7.92. The number of rotatable bonds is 3. The zero-order valence-electron chi connectivity index (χ0n) is 15.4. The molecule has 0 atom stereocenters. The van der Waals surface area contributed by atoms with Crippen LogP contribution in [0.25, 0.3) is 0 Å². The maximum absolute atomic E-state index is 12.8. The summed E-state index contributed by atoms with van der Waals surface area (Å²) in [5, 5.41) is 2.91. The van der Waals surface area contributed by atoms with Gasteiger partial charge in [0.2, 0.25) is 5.91 Å². The normalized spacial score (nSPS) is 18.9. The van der Waals surface area contributed by atoms with E-state index in [0.717, 1.165) is 11.1 Å². The van der Waals surface area contributed by atoms with Gasteiger partial charge in [-0.15, -0.1) is 0 Å². The van der Waals surface area contributed by atoms with Crippen molar-refractivity contribution in [2.75, 3.05) is 13.1 Å². The summed E-state index contributed by atoms with van der Waals surface area (Å²) in [6.07, 6.45) is 0.895. The minimum Gasteiger partial charge on any atom is -0.450 e. The second-order valence-electron chi connectivity index (χ2n) is 7.06. The standard InChI is InChI=1S/C20H24N2O4/c1-13-4-6-16(7-5-13)12-21-18(24)17-14(2)19(25)26-20(17)8-10-22(11-9-20)15(3)23/h4-7H,8-12H2,1-3H3,(H,21,24). The Morgan fingerprint density at radius 2 is 1.77 bits per heavy atom.